The average Bonchev–Trinajstić information content (AvgIpc) is 2.61. The fourth-order valence-electron chi connectivity index (χ4n) is 2.65. The molecule has 1 unspecified atom stereocenters. The summed E-state index contributed by atoms with van der Waals surface area (Å²) >= 11 is 0. The molecule has 2 rings (SSSR count). The van der Waals surface area contributed by atoms with Crippen LogP contribution in [0.1, 0.15) is 49.8 Å². The van der Waals surface area contributed by atoms with Crippen molar-refractivity contribution in [1.29, 1.82) is 0 Å². The van der Waals surface area contributed by atoms with Gasteiger partial charge in [0.2, 0.25) is 0 Å². The monoisotopic (exact) mass is 325 g/mol. The Kier molecular flexibility index (Phi) is 6.42. The third kappa shape index (κ3) is 4.60. The molecule has 0 spiro atoms. The van der Waals surface area contributed by atoms with Crippen LogP contribution in [0.4, 0.5) is 5.69 Å². The fraction of sp³-hybridized carbons (Fsp3) is 0.381. The van der Waals surface area contributed by atoms with Crippen molar-refractivity contribution in [3.63, 3.8) is 0 Å². The van der Waals surface area contributed by atoms with Crippen molar-refractivity contribution in [1.82, 2.24) is 0 Å². The van der Waals surface area contributed by atoms with Gasteiger partial charge in [-0.05, 0) is 54.5 Å². The minimum atomic E-state index is -0.134. The molecule has 1 N–H and O–H groups in total. The molecule has 1 atom stereocenters. The number of nitrogens with one attached hydrogen (secondary N) is 1. The lowest BCUT2D eigenvalue weighted by atomic mass is 9.99. The van der Waals surface area contributed by atoms with E-state index < -0.39 is 0 Å². The molecule has 2 aromatic rings. The molecule has 0 heterocycles. The van der Waals surface area contributed by atoms with Gasteiger partial charge in [0.25, 0.3) is 5.91 Å². The van der Waals surface area contributed by atoms with Crippen LogP contribution in [0.3, 0.4) is 0 Å². The summed E-state index contributed by atoms with van der Waals surface area (Å²) in [5.74, 6) is 1.12. The Morgan fingerprint density at radius 3 is 2.46 bits per heavy atom. The molecule has 0 aromatic heterocycles. The van der Waals surface area contributed by atoms with E-state index in [-0.39, 0.29) is 12.5 Å². The highest BCUT2D eigenvalue weighted by Crippen LogP contribution is 2.22. The van der Waals surface area contributed by atoms with Crippen LogP contribution in [0, 0.1) is 6.92 Å². The average molecular weight is 325 g/mol. The zero-order chi connectivity index (χ0) is 17.5. The second kappa shape index (κ2) is 8.53. The van der Waals surface area contributed by atoms with E-state index in [1.807, 2.05) is 37.3 Å². The lowest BCUT2D eigenvalue weighted by Gasteiger charge is -2.14. The van der Waals surface area contributed by atoms with E-state index in [2.05, 4.69) is 38.2 Å². The highest BCUT2D eigenvalue weighted by molar-refractivity contribution is 5.93. The number of rotatable bonds is 7. The molecule has 0 aliphatic carbocycles. The Labute approximate surface area is 145 Å². The molecule has 2 aromatic carbocycles. The Hall–Kier alpha value is -2.29. The van der Waals surface area contributed by atoms with Gasteiger partial charge in [0.15, 0.2) is 6.61 Å². The van der Waals surface area contributed by atoms with Crippen molar-refractivity contribution in [3.05, 3.63) is 59.2 Å². The van der Waals surface area contributed by atoms with Crippen LogP contribution >= 0.6 is 0 Å². The van der Waals surface area contributed by atoms with Crippen LogP contribution in [0.25, 0.3) is 0 Å². The predicted molar refractivity (Wildman–Crippen MR) is 99.8 cm³/mol. The normalized spacial score (nSPS) is 11.8. The standard InChI is InChI=1S/C21H27NO2/c1-5-15(3)18-10-12-19(13-11-18)24-14-20(23)22-21-16(4)8-7-9-17(21)6-2/h7-13,15H,5-6,14H2,1-4H3,(H,22,23). The van der Waals surface area contributed by atoms with Gasteiger partial charge in [-0.25, -0.2) is 0 Å². The van der Waals surface area contributed by atoms with Gasteiger partial charge in [-0.2, -0.15) is 0 Å². The third-order valence-corrected chi connectivity index (χ3v) is 4.44. The van der Waals surface area contributed by atoms with Crippen LogP contribution in [0.5, 0.6) is 5.75 Å². The second-order valence-corrected chi connectivity index (χ2v) is 6.18. The van der Waals surface area contributed by atoms with Crippen LogP contribution in [0.2, 0.25) is 0 Å². The van der Waals surface area contributed by atoms with E-state index in [0.29, 0.717) is 5.92 Å². The summed E-state index contributed by atoms with van der Waals surface area (Å²) in [6.45, 7) is 8.48. The van der Waals surface area contributed by atoms with E-state index in [0.717, 1.165) is 35.4 Å². The molecular weight excluding hydrogens is 298 g/mol. The molecule has 24 heavy (non-hydrogen) atoms. The molecule has 1 amide bonds. The van der Waals surface area contributed by atoms with Crippen LogP contribution < -0.4 is 10.1 Å². The number of carbonyl (C=O) groups is 1. The second-order valence-electron chi connectivity index (χ2n) is 6.18. The molecule has 0 saturated carbocycles. The first-order valence-corrected chi connectivity index (χ1v) is 8.66. The lowest BCUT2D eigenvalue weighted by Crippen LogP contribution is -2.21. The molecular formula is C21H27NO2. The Morgan fingerprint density at radius 1 is 1.12 bits per heavy atom. The van der Waals surface area contributed by atoms with Gasteiger partial charge in [-0.15, -0.1) is 0 Å². The topological polar surface area (TPSA) is 38.3 Å². The molecule has 0 aliphatic heterocycles. The zero-order valence-electron chi connectivity index (χ0n) is 15.1. The van der Waals surface area contributed by atoms with E-state index in [1.165, 1.54) is 5.56 Å². The number of para-hydroxylation sites is 1. The maximum Gasteiger partial charge on any atom is 0.262 e. The van der Waals surface area contributed by atoms with Crippen molar-refractivity contribution in [3.8, 4) is 5.75 Å². The summed E-state index contributed by atoms with van der Waals surface area (Å²) in [7, 11) is 0. The van der Waals surface area contributed by atoms with Crippen LogP contribution in [-0.2, 0) is 11.2 Å². The summed E-state index contributed by atoms with van der Waals surface area (Å²) < 4.78 is 5.61. The van der Waals surface area contributed by atoms with Crippen molar-refractivity contribution in [2.45, 2.75) is 46.5 Å². The van der Waals surface area contributed by atoms with Gasteiger partial charge in [0.05, 0.1) is 0 Å². The molecule has 3 nitrogen and oxygen atoms in total. The van der Waals surface area contributed by atoms with Gasteiger partial charge in [0.1, 0.15) is 5.75 Å². The van der Waals surface area contributed by atoms with Gasteiger partial charge < -0.3 is 10.1 Å². The summed E-state index contributed by atoms with van der Waals surface area (Å²) in [6, 6.07) is 14.1. The third-order valence-electron chi connectivity index (χ3n) is 4.44. The van der Waals surface area contributed by atoms with Gasteiger partial charge in [-0.3, -0.25) is 4.79 Å². The number of ether oxygens (including phenoxy) is 1. The summed E-state index contributed by atoms with van der Waals surface area (Å²) in [5, 5.41) is 2.97. The number of hydrogen-bond donors (Lipinski definition) is 1. The largest absolute Gasteiger partial charge is 0.484 e. The minimum absolute atomic E-state index is 0.0141. The first-order chi connectivity index (χ1) is 11.5. The fourth-order valence-corrected chi connectivity index (χ4v) is 2.65. The Bertz CT molecular complexity index is 677. The Morgan fingerprint density at radius 2 is 1.83 bits per heavy atom. The van der Waals surface area contributed by atoms with Crippen LogP contribution in [0.15, 0.2) is 42.5 Å². The number of hydrogen-bond acceptors (Lipinski definition) is 2. The van der Waals surface area contributed by atoms with Crippen molar-refractivity contribution in [2.75, 3.05) is 11.9 Å². The first-order valence-electron chi connectivity index (χ1n) is 8.66. The SMILES string of the molecule is CCc1cccc(C)c1NC(=O)COc1ccc(C(C)CC)cc1. The van der Waals surface area contributed by atoms with Gasteiger partial charge in [0, 0.05) is 5.69 Å². The highest BCUT2D eigenvalue weighted by Gasteiger charge is 2.09. The lowest BCUT2D eigenvalue weighted by molar-refractivity contribution is -0.118. The van der Waals surface area contributed by atoms with Gasteiger partial charge in [-0.1, -0.05) is 51.1 Å². The maximum absolute atomic E-state index is 12.2. The smallest absolute Gasteiger partial charge is 0.262 e. The maximum atomic E-state index is 12.2. The summed E-state index contributed by atoms with van der Waals surface area (Å²) in [6.07, 6.45) is 1.99. The number of amides is 1. The first kappa shape index (κ1) is 18.1. The predicted octanol–water partition coefficient (Wildman–Crippen LogP) is 5.09. The van der Waals surface area contributed by atoms with Gasteiger partial charge >= 0.3 is 0 Å². The van der Waals surface area contributed by atoms with Crippen molar-refractivity contribution in [2.24, 2.45) is 0 Å². The van der Waals surface area contributed by atoms with Crippen molar-refractivity contribution < 1.29 is 9.53 Å². The summed E-state index contributed by atoms with van der Waals surface area (Å²) in [5.41, 5.74) is 4.41. The molecule has 0 saturated heterocycles. The van der Waals surface area contributed by atoms with E-state index in [9.17, 15) is 4.79 Å². The molecule has 128 valence electrons. The number of aryl methyl sites for hydroxylation is 2. The van der Waals surface area contributed by atoms with E-state index in [4.69, 9.17) is 4.74 Å². The molecule has 0 radical (unpaired) electrons. The number of carbonyl (C=O) groups excluding carboxylic acids is 1. The van der Waals surface area contributed by atoms with Crippen molar-refractivity contribution >= 4 is 11.6 Å². The number of benzene rings is 2. The van der Waals surface area contributed by atoms with E-state index in [1.54, 1.807) is 0 Å². The molecule has 0 bridgehead atoms. The Balaban J connectivity index is 1.94. The minimum Gasteiger partial charge on any atom is -0.484 e. The van der Waals surface area contributed by atoms with E-state index >= 15 is 0 Å². The zero-order valence-corrected chi connectivity index (χ0v) is 15.1. The molecule has 0 aliphatic rings. The number of anilines is 1. The molecule has 3 heteroatoms. The molecule has 0 fully saturated rings. The highest BCUT2D eigenvalue weighted by atomic mass is 16.5. The quantitative estimate of drug-likeness (QED) is 0.770. The van der Waals surface area contributed by atoms with Crippen LogP contribution in [-0.4, -0.2) is 12.5 Å². The summed E-state index contributed by atoms with van der Waals surface area (Å²) in [4.78, 5) is 12.2.